The molecule has 2 amide bonds. The predicted molar refractivity (Wildman–Crippen MR) is 295 cm³/mol. The molecular formula is C59H79N9O8S. The number of thiazole rings is 1. The summed E-state index contributed by atoms with van der Waals surface area (Å²) in [6.07, 6.45) is 7.41. The molecule has 9 heterocycles. The largest absolute Gasteiger partial charge is 0.464 e. The Kier molecular flexibility index (Phi) is 16.5. The minimum Gasteiger partial charge on any atom is -0.464 e. The number of hydrazine groups is 1. The maximum atomic E-state index is 15.1. The Morgan fingerprint density at radius 3 is 2.47 bits per heavy atom. The van der Waals surface area contributed by atoms with Gasteiger partial charge in [-0.3, -0.25) is 39.1 Å². The van der Waals surface area contributed by atoms with E-state index >= 15 is 4.79 Å². The van der Waals surface area contributed by atoms with Crippen molar-refractivity contribution in [3.05, 3.63) is 57.7 Å². The number of morpholine rings is 1. The Morgan fingerprint density at radius 1 is 0.961 bits per heavy atom. The fourth-order valence-electron chi connectivity index (χ4n) is 12.2. The summed E-state index contributed by atoms with van der Waals surface area (Å²) in [6, 6.07) is 7.28. The van der Waals surface area contributed by atoms with Crippen molar-refractivity contribution in [2.75, 3.05) is 92.1 Å². The lowest BCUT2D eigenvalue weighted by atomic mass is 9.83. The van der Waals surface area contributed by atoms with Crippen LogP contribution in [0, 0.1) is 23.2 Å². The first-order valence-electron chi connectivity index (χ1n) is 28.6. The van der Waals surface area contributed by atoms with Crippen molar-refractivity contribution in [1.29, 1.82) is 0 Å². The SMILES string of the molecule is CC(C)c1ncc(C#C[C@@H](C)N2CCN(C3CC3)CC2)cc1-c1c2c3cc(ccc3n1CCOC1CCOCC1)-c1csc(n1)[C@@H](N1CCOCC1)[C@H](NC(=O)[C@H]1OC[C@@H]1C)C(=O)N1CCC[C@H](N1)C(=O)OCC(C)(C)C2. The summed E-state index contributed by atoms with van der Waals surface area (Å²) in [5, 5.41) is 8.50. The number of hydrogen-bond donors (Lipinski definition) is 2. The van der Waals surface area contributed by atoms with Crippen molar-refractivity contribution in [1.82, 2.24) is 45.0 Å². The Bertz CT molecular complexity index is 2830. The molecule has 6 atom stereocenters. The zero-order chi connectivity index (χ0) is 53.4. The fourth-order valence-corrected chi connectivity index (χ4v) is 13.2. The van der Waals surface area contributed by atoms with Gasteiger partial charge in [0.15, 0.2) is 0 Å². The number of hydrogen-bond acceptors (Lipinski definition) is 15. The van der Waals surface area contributed by atoms with E-state index in [-0.39, 0.29) is 42.4 Å². The third-order valence-corrected chi connectivity index (χ3v) is 17.7. The molecule has 4 aromatic rings. The fraction of sp³-hybridized carbons (Fsp3) is 0.644. The van der Waals surface area contributed by atoms with Crippen molar-refractivity contribution in [3.8, 4) is 34.4 Å². The average Bonchev–Trinajstić information content (AvgIpc) is 4.15. The van der Waals surface area contributed by atoms with Gasteiger partial charge in [-0.1, -0.05) is 52.5 Å². The number of carbonyl (C=O) groups is 3. The van der Waals surface area contributed by atoms with Crippen molar-refractivity contribution < 1.29 is 38.1 Å². The highest BCUT2D eigenvalue weighted by Crippen LogP contribution is 2.43. The molecule has 6 bridgehead atoms. The Balaban J connectivity index is 1.04. The molecule has 1 aliphatic carbocycles. The van der Waals surface area contributed by atoms with Gasteiger partial charge < -0.3 is 33.6 Å². The molecule has 77 heavy (non-hydrogen) atoms. The third-order valence-electron chi connectivity index (χ3n) is 16.8. The van der Waals surface area contributed by atoms with Crippen molar-refractivity contribution in [3.63, 3.8) is 0 Å². The molecule has 1 aromatic carbocycles. The average molecular weight is 1070 g/mol. The summed E-state index contributed by atoms with van der Waals surface area (Å²) in [4.78, 5) is 61.5. The first-order valence-corrected chi connectivity index (χ1v) is 29.4. The van der Waals surface area contributed by atoms with Gasteiger partial charge in [-0.05, 0) is 81.5 Å². The maximum absolute atomic E-state index is 15.1. The number of pyridine rings is 1. The molecule has 3 aromatic heterocycles. The van der Waals surface area contributed by atoms with Crippen molar-refractivity contribution >= 4 is 40.0 Å². The molecule has 0 unspecified atom stereocenters. The Hall–Kier alpha value is -4.81. The number of rotatable bonds is 11. The summed E-state index contributed by atoms with van der Waals surface area (Å²) in [7, 11) is 0. The normalized spacial score (nSPS) is 26.6. The van der Waals surface area contributed by atoms with Crippen LogP contribution in [-0.4, -0.2) is 180 Å². The lowest BCUT2D eigenvalue weighted by Gasteiger charge is -2.42. The minimum atomic E-state index is -1.06. The zero-order valence-electron chi connectivity index (χ0n) is 46.0. The minimum absolute atomic E-state index is 0.00587. The maximum Gasteiger partial charge on any atom is 0.324 e. The second kappa shape index (κ2) is 23.5. The number of piperazine rings is 1. The molecule has 0 spiro atoms. The van der Waals surface area contributed by atoms with E-state index in [1.807, 2.05) is 13.1 Å². The van der Waals surface area contributed by atoms with Gasteiger partial charge in [-0.2, -0.15) is 0 Å². The van der Waals surface area contributed by atoms with Gasteiger partial charge in [-0.15, -0.1) is 11.3 Å². The lowest BCUT2D eigenvalue weighted by molar-refractivity contribution is -0.163. The summed E-state index contributed by atoms with van der Waals surface area (Å²) >= 11 is 1.49. The molecule has 1 saturated carbocycles. The first kappa shape index (κ1) is 54.2. The molecule has 17 nitrogen and oxygen atoms in total. The van der Waals surface area contributed by atoms with Gasteiger partial charge in [0.05, 0.1) is 68.3 Å². The molecule has 7 aliphatic rings. The number of nitrogens with one attached hydrogen (secondary N) is 2. The van der Waals surface area contributed by atoms with E-state index in [1.165, 1.54) is 29.2 Å². The van der Waals surface area contributed by atoms with Crippen LogP contribution in [0.4, 0.5) is 0 Å². The summed E-state index contributed by atoms with van der Waals surface area (Å²) in [6.45, 7) is 22.6. The van der Waals surface area contributed by atoms with Crippen LogP contribution in [0.5, 0.6) is 0 Å². The van der Waals surface area contributed by atoms with Crippen LogP contribution in [-0.2, 0) is 51.0 Å². The zero-order valence-corrected chi connectivity index (χ0v) is 46.8. The van der Waals surface area contributed by atoms with E-state index in [9.17, 15) is 9.59 Å². The van der Waals surface area contributed by atoms with Gasteiger partial charge in [-0.25, -0.2) is 10.4 Å². The number of aromatic nitrogens is 3. The van der Waals surface area contributed by atoms with Crippen LogP contribution >= 0.6 is 11.3 Å². The van der Waals surface area contributed by atoms with Crippen LogP contribution in [0.1, 0.15) is 114 Å². The highest BCUT2D eigenvalue weighted by Gasteiger charge is 2.45. The number of nitrogens with zero attached hydrogens (tertiary/aromatic N) is 7. The lowest BCUT2D eigenvalue weighted by Crippen LogP contribution is -2.64. The molecule has 11 rings (SSSR count). The van der Waals surface area contributed by atoms with Crippen molar-refractivity contribution in [2.45, 2.75) is 141 Å². The van der Waals surface area contributed by atoms with Crippen LogP contribution in [0.3, 0.4) is 0 Å². The topological polar surface area (TPSA) is 165 Å². The summed E-state index contributed by atoms with van der Waals surface area (Å²) < 4.78 is 32.7. The summed E-state index contributed by atoms with van der Waals surface area (Å²) in [5.74, 6) is 6.21. The Morgan fingerprint density at radius 2 is 1.74 bits per heavy atom. The monoisotopic (exact) mass is 1070 g/mol. The molecule has 5 saturated heterocycles. The quantitative estimate of drug-likeness (QED) is 0.129. The van der Waals surface area contributed by atoms with Gasteiger partial charge in [0, 0.05) is 122 Å². The standard InChI is InChI=1S/C59H79N9O8S/c1-37(2)50-45(30-40(33-60-50)10-9-39(4)64-18-20-65(21-19-64)42-12-13-42)52-46-32-59(5,6)36-76-58(71)47-8-7-17-68(63-47)57(70)51(62-55(69)54-38(3)34-75-54)53(66-22-27-73-28-23-66)56-61-48(35-77-56)41-11-14-49(44(46)31-41)67(52)24-29-74-43-15-25-72-26-16-43/h11,14,30-31,33,35,37-39,42-43,47,51,53-54,63H,7-8,12-13,15-29,32,34,36H2,1-6H3,(H,62,69)/t38-,39+,47-,51-,53-,54-/m0/s1. The van der Waals surface area contributed by atoms with Gasteiger partial charge in [0.2, 0.25) is 5.91 Å². The molecule has 2 N–H and O–H groups in total. The van der Waals surface area contributed by atoms with Gasteiger partial charge >= 0.3 is 5.97 Å². The van der Waals surface area contributed by atoms with E-state index in [0.29, 0.717) is 90.1 Å². The van der Waals surface area contributed by atoms with E-state index in [0.717, 1.165) is 95.3 Å². The number of fused-ring (bicyclic) bond motifs is 6. The second-order valence-electron chi connectivity index (χ2n) is 23.6. The molecule has 0 radical (unpaired) electrons. The number of ether oxygens (including phenoxy) is 5. The molecule has 414 valence electrons. The van der Waals surface area contributed by atoms with Crippen LogP contribution in [0.25, 0.3) is 33.4 Å². The van der Waals surface area contributed by atoms with E-state index in [4.69, 9.17) is 33.7 Å². The molecule has 18 heteroatoms. The van der Waals surface area contributed by atoms with Crippen LogP contribution in [0.15, 0.2) is 35.8 Å². The molecular weight excluding hydrogens is 995 g/mol. The molecule has 6 fully saturated rings. The van der Waals surface area contributed by atoms with Crippen LogP contribution in [0.2, 0.25) is 0 Å². The van der Waals surface area contributed by atoms with Gasteiger partial charge in [0.1, 0.15) is 23.2 Å². The number of amides is 2. The summed E-state index contributed by atoms with van der Waals surface area (Å²) in [5.41, 5.74) is 10.5. The first-order chi connectivity index (χ1) is 37.3. The molecule has 6 aliphatic heterocycles. The Labute approximate surface area is 458 Å². The number of benzene rings is 1. The van der Waals surface area contributed by atoms with Gasteiger partial charge in [0.25, 0.3) is 5.91 Å². The van der Waals surface area contributed by atoms with E-state index in [1.54, 1.807) is 0 Å². The highest BCUT2D eigenvalue weighted by molar-refractivity contribution is 7.10. The van der Waals surface area contributed by atoms with Crippen molar-refractivity contribution in [2.24, 2.45) is 11.3 Å². The number of carbonyl (C=O) groups excluding carboxylic acids is 3. The second-order valence-corrected chi connectivity index (χ2v) is 24.5. The third kappa shape index (κ3) is 12.0. The van der Waals surface area contributed by atoms with E-state index < -0.39 is 35.6 Å². The highest BCUT2D eigenvalue weighted by atomic mass is 32.1. The number of esters is 1. The number of cyclic esters (lactones) is 1. The smallest absolute Gasteiger partial charge is 0.324 e. The predicted octanol–water partition coefficient (Wildman–Crippen LogP) is 6.18. The van der Waals surface area contributed by atoms with Crippen LogP contribution < -0.4 is 10.7 Å². The van der Waals surface area contributed by atoms with E-state index in [2.05, 4.69) is 106 Å².